The van der Waals surface area contributed by atoms with Crippen LogP contribution in [0.15, 0.2) is 0 Å². The maximum Gasteiger partial charge on any atom is 0.305 e. The number of carbonyl (C=O) groups is 2. The molecule has 0 N–H and O–H groups in total. The Kier molecular flexibility index (Phi) is 39.9. The van der Waals surface area contributed by atoms with E-state index in [-0.39, 0.29) is 11.9 Å². The van der Waals surface area contributed by atoms with Crippen molar-refractivity contribution < 1.29 is 19.1 Å². The van der Waals surface area contributed by atoms with Gasteiger partial charge in [-0.2, -0.15) is 0 Å². The number of piperidine rings is 2. The van der Waals surface area contributed by atoms with Gasteiger partial charge in [0.1, 0.15) is 0 Å². The fourth-order valence-corrected chi connectivity index (χ4v) is 12.0. The standard InChI is InChI=1S/C55H105N2O4S2/c1-5-9-13-17-19-23-28-50(27-21-15-11-7-3)31-25-32-51-35-40-56(41-36-51)44-47-62-63-48-45-57-42-37-52(38-43-57)39-46-60-54(58)33-26-34-55(59)61-49-53(29-22-16-12-8-4)30-24-20-18-14-10-6-2/h19,50-53H,5-18,20-49H2,1-4H3. The maximum atomic E-state index is 12.5. The third kappa shape index (κ3) is 34.5. The molecule has 0 aromatic heterocycles. The summed E-state index contributed by atoms with van der Waals surface area (Å²) in [7, 11) is 4.15. The van der Waals surface area contributed by atoms with Crippen molar-refractivity contribution in [2.45, 2.75) is 246 Å². The molecule has 1 radical (unpaired) electrons. The smallest absolute Gasteiger partial charge is 0.305 e. The van der Waals surface area contributed by atoms with Gasteiger partial charge < -0.3 is 19.3 Å². The van der Waals surface area contributed by atoms with Crippen LogP contribution in [0, 0.1) is 30.1 Å². The van der Waals surface area contributed by atoms with Gasteiger partial charge in [0, 0.05) is 37.4 Å². The molecule has 2 atom stereocenters. The summed E-state index contributed by atoms with van der Waals surface area (Å²) >= 11 is 0. The highest BCUT2D eigenvalue weighted by Gasteiger charge is 2.21. The quantitative estimate of drug-likeness (QED) is 0.0340. The predicted octanol–water partition coefficient (Wildman–Crippen LogP) is 16.1. The number of ether oxygens (including phenoxy) is 2. The van der Waals surface area contributed by atoms with Crippen LogP contribution in [0.3, 0.4) is 0 Å². The SMILES string of the molecule is CCCCC[CH]CCC(CCCCCC)CCCC1CCN(CCSSCCN2CCC(CCOC(=O)CCCC(=O)OCC(CCCCCC)CCCCCCCC)CC2)CC1. The van der Waals surface area contributed by atoms with E-state index in [2.05, 4.69) is 65.5 Å². The van der Waals surface area contributed by atoms with Crippen molar-refractivity contribution in [2.24, 2.45) is 23.7 Å². The van der Waals surface area contributed by atoms with E-state index >= 15 is 0 Å². The molecule has 2 unspecified atom stereocenters. The molecule has 0 aromatic carbocycles. The molecule has 0 spiro atoms. The molecule has 0 aliphatic carbocycles. The fraction of sp³-hybridized carbons (Fsp3) is 0.945. The van der Waals surface area contributed by atoms with Crippen molar-refractivity contribution in [3.8, 4) is 0 Å². The summed E-state index contributed by atoms with van der Waals surface area (Å²) in [6, 6.07) is 0. The van der Waals surface area contributed by atoms with E-state index in [0.29, 0.717) is 44.3 Å². The molecule has 371 valence electrons. The first-order valence-electron chi connectivity index (χ1n) is 27.8. The van der Waals surface area contributed by atoms with Gasteiger partial charge >= 0.3 is 11.9 Å². The van der Waals surface area contributed by atoms with E-state index in [1.807, 2.05) is 0 Å². The Hall–Kier alpha value is -0.440. The molecular weight excluding hydrogens is 817 g/mol. The third-order valence-electron chi connectivity index (χ3n) is 14.4. The lowest BCUT2D eigenvalue weighted by atomic mass is 9.86. The number of esters is 2. The van der Waals surface area contributed by atoms with Gasteiger partial charge in [0.15, 0.2) is 0 Å². The zero-order valence-electron chi connectivity index (χ0n) is 42.3. The molecule has 0 amide bonds. The second-order valence-corrected chi connectivity index (χ2v) is 22.7. The van der Waals surface area contributed by atoms with Crippen LogP contribution in [-0.2, 0) is 19.1 Å². The first-order chi connectivity index (χ1) is 31.0. The van der Waals surface area contributed by atoms with Crippen LogP contribution in [-0.4, -0.2) is 85.7 Å². The number of carbonyl (C=O) groups excluding carboxylic acids is 2. The van der Waals surface area contributed by atoms with E-state index in [0.717, 1.165) is 44.2 Å². The zero-order chi connectivity index (χ0) is 45.3. The summed E-state index contributed by atoms with van der Waals surface area (Å²) < 4.78 is 11.3. The van der Waals surface area contributed by atoms with Crippen LogP contribution in [0.1, 0.15) is 246 Å². The first kappa shape index (κ1) is 58.7. The Morgan fingerprint density at radius 2 is 0.968 bits per heavy atom. The van der Waals surface area contributed by atoms with Crippen molar-refractivity contribution in [1.29, 1.82) is 0 Å². The normalized spacial score (nSPS) is 16.7. The molecule has 2 aliphatic heterocycles. The lowest BCUT2D eigenvalue weighted by molar-refractivity contribution is -0.146. The Bertz CT molecular complexity index is 1020. The van der Waals surface area contributed by atoms with Crippen molar-refractivity contribution in [3.05, 3.63) is 6.42 Å². The van der Waals surface area contributed by atoms with Gasteiger partial charge in [0.05, 0.1) is 13.2 Å². The highest BCUT2D eigenvalue weighted by Crippen LogP contribution is 2.29. The Morgan fingerprint density at radius 3 is 1.54 bits per heavy atom. The average Bonchev–Trinajstić information content (AvgIpc) is 3.29. The molecule has 6 nitrogen and oxygen atoms in total. The van der Waals surface area contributed by atoms with E-state index < -0.39 is 0 Å². The lowest BCUT2D eigenvalue weighted by Crippen LogP contribution is -2.35. The van der Waals surface area contributed by atoms with Gasteiger partial charge in [0.2, 0.25) is 0 Å². The third-order valence-corrected chi connectivity index (χ3v) is 16.8. The number of likely N-dealkylation sites (tertiary alicyclic amines) is 2. The second kappa shape index (κ2) is 42.9. The minimum absolute atomic E-state index is 0.159. The molecule has 2 rings (SSSR count). The van der Waals surface area contributed by atoms with Crippen molar-refractivity contribution in [1.82, 2.24) is 9.80 Å². The largest absolute Gasteiger partial charge is 0.466 e. The minimum atomic E-state index is -0.170. The van der Waals surface area contributed by atoms with Gasteiger partial charge in [0.25, 0.3) is 0 Å². The summed E-state index contributed by atoms with van der Waals surface area (Å²) in [6.45, 7) is 17.6. The second-order valence-electron chi connectivity index (χ2n) is 20.0. The number of unbranched alkanes of at least 4 members (excludes halogenated alkanes) is 16. The Labute approximate surface area is 400 Å². The van der Waals surface area contributed by atoms with Crippen molar-refractivity contribution >= 4 is 33.5 Å². The molecule has 8 heteroatoms. The van der Waals surface area contributed by atoms with Crippen LogP contribution in [0.5, 0.6) is 0 Å². The van der Waals surface area contributed by atoms with Crippen LogP contribution in [0.25, 0.3) is 0 Å². The molecule has 2 heterocycles. The molecular formula is C55H105N2O4S2. The summed E-state index contributed by atoms with van der Waals surface area (Å²) in [4.78, 5) is 30.3. The number of hydrogen-bond acceptors (Lipinski definition) is 8. The molecule has 0 saturated carbocycles. The monoisotopic (exact) mass is 922 g/mol. The van der Waals surface area contributed by atoms with Gasteiger partial charge in [-0.25, -0.2) is 0 Å². The Morgan fingerprint density at radius 1 is 0.508 bits per heavy atom. The molecule has 63 heavy (non-hydrogen) atoms. The molecule has 2 aliphatic rings. The zero-order valence-corrected chi connectivity index (χ0v) is 44.0. The summed E-state index contributed by atoms with van der Waals surface area (Å²) in [5, 5.41) is 0. The molecule has 0 bridgehead atoms. The molecule has 2 saturated heterocycles. The first-order valence-corrected chi connectivity index (χ1v) is 30.3. The maximum absolute atomic E-state index is 12.5. The van der Waals surface area contributed by atoms with Gasteiger partial charge in [-0.05, 0) is 114 Å². The highest BCUT2D eigenvalue weighted by molar-refractivity contribution is 8.76. The van der Waals surface area contributed by atoms with E-state index in [1.165, 1.54) is 217 Å². The van der Waals surface area contributed by atoms with Gasteiger partial charge in [-0.1, -0.05) is 197 Å². The topological polar surface area (TPSA) is 59.1 Å². The van der Waals surface area contributed by atoms with Crippen molar-refractivity contribution in [2.75, 3.05) is 64.0 Å². The Balaban J connectivity index is 1.44. The van der Waals surface area contributed by atoms with E-state index in [4.69, 9.17) is 9.47 Å². The summed E-state index contributed by atoms with van der Waals surface area (Å²) in [5.74, 6) is 5.17. The van der Waals surface area contributed by atoms with Crippen molar-refractivity contribution in [3.63, 3.8) is 0 Å². The number of nitrogens with zero attached hydrogens (tertiary/aromatic N) is 2. The fourth-order valence-electron chi connectivity index (χ4n) is 9.93. The number of hydrogen-bond donors (Lipinski definition) is 0. The summed E-state index contributed by atoms with van der Waals surface area (Å²) in [6.07, 6.45) is 44.8. The van der Waals surface area contributed by atoms with E-state index in [9.17, 15) is 9.59 Å². The average molecular weight is 923 g/mol. The van der Waals surface area contributed by atoms with Gasteiger partial charge in [-0.3, -0.25) is 9.59 Å². The lowest BCUT2D eigenvalue weighted by Gasteiger charge is -2.32. The van der Waals surface area contributed by atoms with Crippen LogP contribution >= 0.6 is 21.6 Å². The highest BCUT2D eigenvalue weighted by atomic mass is 33.1. The van der Waals surface area contributed by atoms with Crippen LogP contribution in [0.2, 0.25) is 0 Å². The number of rotatable bonds is 44. The molecule has 2 fully saturated rings. The predicted molar refractivity (Wildman–Crippen MR) is 278 cm³/mol. The van der Waals surface area contributed by atoms with Gasteiger partial charge in [-0.15, -0.1) is 0 Å². The van der Waals surface area contributed by atoms with Crippen LogP contribution < -0.4 is 0 Å². The molecule has 0 aromatic rings. The summed E-state index contributed by atoms with van der Waals surface area (Å²) in [5.41, 5.74) is 0. The minimum Gasteiger partial charge on any atom is -0.466 e. The van der Waals surface area contributed by atoms with Crippen LogP contribution in [0.4, 0.5) is 0 Å². The van der Waals surface area contributed by atoms with E-state index in [1.54, 1.807) is 0 Å².